The molecule has 1 saturated heterocycles. The first-order valence-corrected chi connectivity index (χ1v) is 7.53. The van der Waals surface area contributed by atoms with Crippen LogP contribution in [0.15, 0.2) is 24.3 Å². The van der Waals surface area contributed by atoms with Crippen LogP contribution in [0.5, 0.6) is 0 Å². The van der Waals surface area contributed by atoms with Gasteiger partial charge < -0.3 is 10.6 Å². The number of hydrogen-bond donors (Lipinski definition) is 1. The summed E-state index contributed by atoms with van der Waals surface area (Å²) in [5.41, 5.74) is 8.73. The Bertz CT molecular complexity index is 365. The van der Waals surface area contributed by atoms with Gasteiger partial charge in [-0.3, -0.25) is 0 Å². The highest BCUT2D eigenvalue weighted by atomic mass is 32.2. The molecule has 1 aliphatic heterocycles. The summed E-state index contributed by atoms with van der Waals surface area (Å²) in [6.45, 7) is 6.39. The third-order valence-corrected chi connectivity index (χ3v) is 4.46. The normalized spacial score (nSPS) is 20.9. The largest absolute Gasteiger partial charge is 0.365 e. The summed E-state index contributed by atoms with van der Waals surface area (Å²) in [4.78, 5) is 2.51. The van der Waals surface area contributed by atoms with E-state index < -0.39 is 0 Å². The van der Waals surface area contributed by atoms with Gasteiger partial charge >= 0.3 is 0 Å². The molecule has 0 bridgehead atoms. The van der Waals surface area contributed by atoms with Crippen molar-refractivity contribution in [3.8, 4) is 0 Å². The van der Waals surface area contributed by atoms with E-state index in [1.54, 1.807) is 0 Å². The van der Waals surface area contributed by atoms with Crippen molar-refractivity contribution < 1.29 is 0 Å². The molecule has 1 heterocycles. The number of anilines is 1. The van der Waals surface area contributed by atoms with Gasteiger partial charge in [-0.2, -0.15) is 11.8 Å². The molecule has 0 spiro atoms. The second-order valence-corrected chi connectivity index (χ2v) is 6.02. The first-order valence-electron chi connectivity index (χ1n) is 6.37. The molecule has 3 heteroatoms. The summed E-state index contributed by atoms with van der Waals surface area (Å²) < 4.78 is 0. The van der Waals surface area contributed by atoms with Crippen LogP contribution < -0.4 is 10.6 Å². The highest BCUT2D eigenvalue weighted by Gasteiger charge is 2.23. The van der Waals surface area contributed by atoms with Crippen LogP contribution in [0.25, 0.3) is 0 Å². The molecule has 2 rings (SSSR count). The zero-order valence-corrected chi connectivity index (χ0v) is 11.5. The molecule has 0 aromatic heterocycles. The fourth-order valence-corrected chi connectivity index (χ4v) is 3.49. The van der Waals surface area contributed by atoms with Crippen molar-refractivity contribution in [2.75, 3.05) is 29.5 Å². The van der Waals surface area contributed by atoms with Gasteiger partial charge in [-0.15, -0.1) is 0 Å². The minimum absolute atomic E-state index is 0.494. The Morgan fingerprint density at radius 2 is 2.18 bits per heavy atom. The maximum Gasteiger partial charge on any atom is 0.0503 e. The Hall–Kier alpha value is -0.670. The number of benzene rings is 1. The van der Waals surface area contributed by atoms with E-state index in [4.69, 9.17) is 5.73 Å². The molecule has 1 aliphatic rings. The fourth-order valence-electron chi connectivity index (χ4n) is 2.40. The molecule has 1 fully saturated rings. The molecular weight excluding hydrogens is 228 g/mol. The molecule has 1 aromatic rings. The van der Waals surface area contributed by atoms with Gasteiger partial charge in [0.1, 0.15) is 0 Å². The van der Waals surface area contributed by atoms with Gasteiger partial charge in [0, 0.05) is 30.3 Å². The zero-order chi connectivity index (χ0) is 12.3. The summed E-state index contributed by atoms with van der Waals surface area (Å²) in [7, 11) is 0. The van der Waals surface area contributed by atoms with Crippen molar-refractivity contribution in [2.24, 2.45) is 5.73 Å². The zero-order valence-electron chi connectivity index (χ0n) is 10.7. The molecule has 1 atom stereocenters. The summed E-state index contributed by atoms with van der Waals surface area (Å²) in [5, 5.41) is 0. The van der Waals surface area contributed by atoms with E-state index in [2.05, 4.69) is 43.0 Å². The first kappa shape index (κ1) is 12.8. The second-order valence-electron chi connectivity index (χ2n) is 4.87. The predicted octanol–water partition coefficient (Wildman–Crippen LogP) is 2.69. The van der Waals surface area contributed by atoms with Crippen molar-refractivity contribution >= 4 is 17.4 Å². The Balaban J connectivity index is 2.31. The van der Waals surface area contributed by atoms with E-state index in [9.17, 15) is 0 Å². The summed E-state index contributed by atoms with van der Waals surface area (Å²) >= 11 is 2.02. The molecule has 1 aromatic carbocycles. The lowest BCUT2D eigenvalue weighted by Crippen LogP contribution is -2.47. The third kappa shape index (κ3) is 2.78. The molecule has 0 amide bonds. The van der Waals surface area contributed by atoms with Crippen LogP contribution in [-0.4, -0.2) is 30.6 Å². The van der Waals surface area contributed by atoms with E-state index in [1.165, 1.54) is 17.0 Å². The SMILES string of the molecule is CC(C)c1ccccc1N1CCSCC1CN. The lowest BCUT2D eigenvalue weighted by Gasteiger charge is -2.38. The number of thioether (sulfide) groups is 1. The van der Waals surface area contributed by atoms with Crippen LogP contribution in [0, 0.1) is 0 Å². The number of hydrogen-bond acceptors (Lipinski definition) is 3. The van der Waals surface area contributed by atoms with Gasteiger partial charge in [0.25, 0.3) is 0 Å². The van der Waals surface area contributed by atoms with E-state index in [-0.39, 0.29) is 0 Å². The van der Waals surface area contributed by atoms with Gasteiger partial charge in [0.15, 0.2) is 0 Å². The van der Waals surface area contributed by atoms with Crippen molar-refractivity contribution in [2.45, 2.75) is 25.8 Å². The van der Waals surface area contributed by atoms with Crippen LogP contribution >= 0.6 is 11.8 Å². The van der Waals surface area contributed by atoms with E-state index in [0.717, 1.165) is 18.8 Å². The topological polar surface area (TPSA) is 29.3 Å². The van der Waals surface area contributed by atoms with Crippen LogP contribution in [0.1, 0.15) is 25.3 Å². The standard InChI is InChI=1S/C14H22N2S/c1-11(2)13-5-3-4-6-14(13)16-7-8-17-10-12(16)9-15/h3-6,11-12H,7-10,15H2,1-2H3. The highest BCUT2D eigenvalue weighted by molar-refractivity contribution is 7.99. The number of nitrogens with zero attached hydrogens (tertiary/aromatic N) is 1. The minimum atomic E-state index is 0.494. The quantitative estimate of drug-likeness (QED) is 0.894. The molecule has 1 unspecified atom stereocenters. The number of nitrogens with two attached hydrogens (primary N) is 1. The summed E-state index contributed by atoms with van der Waals surface area (Å²) in [6, 6.07) is 9.25. The predicted molar refractivity (Wildman–Crippen MR) is 78.0 cm³/mol. The van der Waals surface area contributed by atoms with Gasteiger partial charge in [-0.05, 0) is 17.5 Å². The summed E-state index contributed by atoms with van der Waals surface area (Å²) in [6.07, 6.45) is 0. The molecule has 0 saturated carbocycles. The fraction of sp³-hybridized carbons (Fsp3) is 0.571. The molecule has 0 aliphatic carbocycles. The highest BCUT2D eigenvalue weighted by Crippen LogP contribution is 2.31. The van der Waals surface area contributed by atoms with Gasteiger partial charge in [0.2, 0.25) is 0 Å². The van der Waals surface area contributed by atoms with Crippen LogP contribution in [0.4, 0.5) is 5.69 Å². The first-order chi connectivity index (χ1) is 8.24. The molecular formula is C14H22N2S. The van der Waals surface area contributed by atoms with Crippen molar-refractivity contribution in [3.05, 3.63) is 29.8 Å². The van der Waals surface area contributed by atoms with Gasteiger partial charge in [0.05, 0.1) is 6.04 Å². The average Bonchev–Trinajstić information content (AvgIpc) is 2.38. The maximum atomic E-state index is 5.90. The second kappa shape index (κ2) is 5.78. The lowest BCUT2D eigenvalue weighted by atomic mass is 9.99. The van der Waals surface area contributed by atoms with Crippen LogP contribution in [0.2, 0.25) is 0 Å². The lowest BCUT2D eigenvalue weighted by molar-refractivity contribution is 0.649. The average molecular weight is 250 g/mol. The Kier molecular flexibility index (Phi) is 4.35. The molecule has 2 nitrogen and oxygen atoms in total. The molecule has 0 radical (unpaired) electrons. The van der Waals surface area contributed by atoms with Crippen molar-refractivity contribution in [1.82, 2.24) is 0 Å². The smallest absolute Gasteiger partial charge is 0.0503 e. The Morgan fingerprint density at radius 3 is 2.88 bits per heavy atom. The Morgan fingerprint density at radius 1 is 1.41 bits per heavy atom. The molecule has 17 heavy (non-hydrogen) atoms. The molecule has 2 N–H and O–H groups in total. The third-order valence-electron chi connectivity index (χ3n) is 3.37. The van der Waals surface area contributed by atoms with Crippen LogP contribution in [0.3, 0.4) is 0 Å². The summed E-state index contributed by atoms with van der Waals surface area (Å²) in [5.74, 6) is 2.94. The Labute approximate surface area is 109 Å². The monoisotopic (exact) mass is 250 g/mol. The van der Waals surface area contributed by atoms with E-state index in [1.807, 2.05) is 11.8 Å². The van der Waals surface area contributed by atoms with Gasteiger partial charge in [-0.1, -0.05) is 32.0 Å². The van der Waals surface area contributed by atoms with E-state index in [0.29, 0.717) is 12.0 Å². The van der Waals surface area contributed by atoms with Crippen LogP contribution in [-0.2, 0) is 0 Å². The van der Waals surface area contributed by atoms with Crippen molar-refractivity contribution in [1.29, 1.82) is 0 Å². The van der Waals surface area contributed by atoms with Gasteiger partial charge in [-0.25, -0.2) is 0 Å². The minimum Gasteiger partial charge on any atom is -0.365 e. The molecule has 94 valence electrons. The number of rotatable bonds is 3. The maximum absolute atomic E-state index is 5.90. The van der Waals surface area contributed by atoms with Crippen molar-refractivity contribution in [3.63, 3.8) is 0 Å². The van der Waals surface area contributed by atoms with E-state index >= 15 is 0 Å². The number of para-hydroxylation sites is 1.